The maximum Gasteiger partial charge on any atom is 0.333 e. The van der Waals surface area contributed by atoms with Crippen molar-refractivity contribution in [1.82, 2.24) is 4.73 Å². The molecule has 28 heteroatoms. The number of anilines is 1. The van der Waals surface area contributed by atoms with Gasteiger partial charge in [-0.15, -0.1) is 4.73 Å². The first-order valence-electron chi connectivity index (χ1n) is 23.1. The highest BCUT2D eigenvalue weighted by Gasteiger charge is 2.47. The Kier molecular flexibility index (Phi) is 16.0. The van der Waals surface area contributed by atoms with Gasteiger partial charge in [-0.2, -0.15) is 46.7 Å². The van der Waals surface area contributed by atoms with Crippen LogP contribution in [0.4, 0.5) is 11.4 Å². The van der Waals surface area contributed by atoms with Gasteiger partial charge in [0.2, 0.25) is 17.4 Å². The Hall–Kier alpha value is -6.05. The van der Waals surface area contributed by atoms with Gasteiger partial charge in [-0.3, -0.25) is 22.8 Å². The van der Waals surface area contributed by atoms with Gasteiger partial charge in [0, 0.05) is 83.9 Å². The van der Waals surface area contributed by atoms with Crippen molar-refractivity contribution in [2.75, 3.05) is 37.5 Å². The van der Waals surface area contributed by atoms with E-state index in [1.165, 1.54) is 19.2 Å². The summed E-state index contributed by atoms with van der Waals surface area (Å²) in [5.74, 6) is -2.41. The number of aromatic hydroxyl groups is 2. The number of benzene rings is 4. The van der Waals surface area contributed by atoms with Crippen molar-refractivity contribution >= 4 is 95.2 Å². The van der Waals surface area contributed by atoms with Crippen LogP contribution >= 0.6 is 0 Å². The third kappa shape index (κ3) is 11.8. The Balaban J connectivity index is 1.33. The Bertz CT molecular complexity index is 3900. The average Bonchev–Trinajstić information content (AvgIpc) is 3.84. The van der Waals surface area contributed by atoms with Crippen LogP contribution in [0.25, 0.3) is 21.5 Å². The molecule has 1 atom stereocenters. The molecule has 23 nitrogen and oxygen atoms in total. The number of fused-ring (bicyclic) bond motifs is 6. The molecule has 7 N–H and O–H groups in total. The molecule has 1 unspecified atom stereocenters. The number of carbonyl (C=O) groups excluding carboxylic acids is 1. The summed E-state index contributed by atoms with van der Waals surface area (Å²) in [4.78, 5) is 16.2. The molecule has 0 radical (unpaired) electrons. The predicted octanol–water partition coefficient (Wildman–Crippen LogP) is 5.87. The zero-order valence-electron chi connectivity index (χ0n) is 41.1. The van der Waals surface area contributed by atoms with Crippen molar-refractivity contribution in [3.05, 3.63) is 108 Å². The van der Waals surface area contributed by atoms with Gasteiger partial charge < -0.3 is 24.7 Å². The number of allylic oxidation sites excluding steroid dienone is 6. The second kappa shape index (κ2) is 21.1. The number of hydrogen-bond donors (Lipinski definition) is 7. The standard InChI is InChI=1S/C48H53N3O20S5/c1-47(2)40(49(22-10-6-9-14-44(54)71-51-42(52)19-20-43(51)53)36-17-15-32-34(45(36)47)26-30(73(58,59)60)28-38(32)75(64,65)66)12-7-5-8-13-41-48(3,21-11-25-72(55,56)57)46-35-27-31(74(61,62)63)29-39(76(67,68)69)33(35)16-18-37(46)50(41)23-24-70-4/h5,7-8,12-13,15-20,26-29H,6,9-11,14,21-25H2,1-4H3,(H6-,52,53,55,56,57,58,59,60,61,62,63,64,65,66,67,68,69)/p+1. The highest BCUT2D eigenvalue weighted by atomic mass is 32.2. The third-order valence-corrected chi connectivity index (χ3v) is 17.6. The molecule has 2 aliphatic rings. The van der Waals surface area contributed by atoms with E-state index in [2.05, 4.69) is 0 Å². The number of ether oxygens (including phenoxy) is 1. The summed E-state index contributed by atoms with van der Waals surface area (Å²) in [5.41, 5.74) is 0.347. The van der Waals surface area contributed by atoms with Gasteiger partial charge >= 0.3 is 5.97 Å². The Labute approximate surface area is 438 Å². The Morgan fingerprint density at radius 1 is 0.658 bits per heavy atom. The highest BCUT2D eigenvalue weighted by Crippen LogP contribution is 2.54. The number of hydrogen-bond acceptors (Lipinski definition) is 16. The summed E-state index contributed by atoms with van der Waals surface area (Å²) in [5, 5.41) is 19.6. The maximum absolute atomic E-state index is 12.7. The van der Waals surface area contributed by atoms with Crippen molar-refractivity contribution < 1.29 is 94.0 Å². The number of rotatable bonds is 21. The SMILES string of the molecule is COCCN1C(=CC=CC=CC2=[N+](CCCCCC(=O)On3c(O)ccc3O)c3ccc4c(S(=O)(=O)O)cc(S(=O)(=O)O)cc4c3C2(C)C)C(C)(CCCS(=O)(=O)O)c2c1ccc1c(S(=O)(=O)O)cc(S(=O)(=O)O)cc21. The number of methoxy groups -OCH3 is 1. The number of aromatic nitrogens is 1. The van der Waals surface area contributed by atoms with Gasteiger partial charge in [0.25, 0.3) is 50.6 Å². The molecule has 0 spiro atoms. The maximum atomic E-state index is 12.7. The summed E-state index contributed by atoms with van der Waals surface area (Å²) in [6.45, 7) is 5.81. The Morgan fingerprint density at radius 3 is 1.76 bits per heavy atom. The number of carbonyl (C=O) groups is 1. The summed E-state index contributed by atoms with van der Waals surface area (Å²) in [6, 6.07) is 11.6. The van der Waals surface area contributed by atoms with Crippen LogP contribution in [0, 0.1) is 0 Å². The van der Waals surface area contributed by atoms with Gasteiger partial charge in [-0.1, -0.05) is 24.3 Å². The Morgan fingerprint density at radius 2 is 1.22 bits per heavy atom. The van der Waals surface area contributed by atoms with Crippen LogP contribution in [-0.2, 0) is 71.0 Å². The van der Waals surface area contributed by atoms with Gasteiger partial charge in [-0.25, -0.2) is 4.79 Å². The van der Waals surface area contributed by atoms with E-state index in [0.29, 0.717) is 70.0 Å². The lowest BCUT2D eigenvalue weighted by Crippen LogP contribution is -2.31. The minimum absolute atomic E-state index is 0.0128. The summed E-state index contributed by atoms with van der Waals surface area (Å²) < 4.78 is 183. The molecule has 5 aromatic rings. The predicted molar refractivity (Wildman–Crippen MR) is 276 cm³/mol. The zero-order valence-corrected chi connectivity index (χ0v) is 45.1. The lowest BCUT2D eigenvalue weighted by atomic mass is 9.75. The molecule has 2 aliphatic heterocycles. The lowest BCUT2D eigenvalue weighted by molar-refractivity contribution is -0.438. The first kappa shape index (κ1) is 57.7. The second-order valence-corrected chi connectivity index (χ2v) is 26.0. The molecule has 76 heavy (non-hydrogen) atoms. The molecule has 410 valence electrons. The second-order valence-electron chi connectivity index (χ2n) is 18.8. The molecule has 0 saturated carbocycles. The third-order valence-electron chi connectivity index (χ3n) is 13.4. The molecule has 0 fully saturated rings. The fourth-order valence-corrected chi connectivity index (χ4v) is 13.3. The van der Waals surface area contributed by atoms with Crippen LogP contribution in [0.3, 0.4) is 0 Å². The number of unbranched alkanes of at least 4 members (excludes halogenated alkanes) is 2. The molecule has 0 bridgehead atoms. The molecule has 3 heterocycles. The van der Waals surface area contributed by atoms with Gasteiger partial charge in [0.1, 0.15) is 16.3 Å². The monoisotopic (exact) mass is 1150 g/mol. The normalized spacial score (nSPS) is 17.8. The van der Waals surface area contributed by atoms with Crippen molar-refractivity contribution in [1.29, 1.82) is 0 Å². The fourth-order valence-electron chi connectivity index (χ4n) is 10.1. The van der Waals surface area contributed by atoms with Crippen LogP contribution < -0.4 is 9.74 Å². The topological polar surface area (TPSA) is 359 Å². The van der Waals surface area contributed by atoms with Crippen LogP contribution in [0.2, 0.25) is 0 Å². The van der Waals surface area contributed by atoms with Crippen molar-refractivity contribution in [2.45, 2.75) is 89.7 Å². The molecule has 0 saturated heterocycles. The molecule has 0 amide bonds. The minimum Gasteiger partial charge on any atom is -0.492 e. The van der Waals surface area contributed by atoms with E-state index in [4.69, 9.17) is 9.57 Å². The first-order valence-corrected chi connectivity index (χ1v) is 30.4. The molecule has 4 aromatic carbocycles. The molecular weight excluding hydrogens is 1100 g/mol. The summed E-state index contributed by atoms with van der Waals surface area (Å²) >= 11 is 0. The van der Waals surface area contributed by atoms with E-state index in [0.717, 1.165) is 24.3 Å². The van der Waals surface area contributed by atoms with E-state index in [-0.39, 0.29) is 60.5 Å². The van der Waals surface area contributed by atoms with Crippen molar-refractivity contribution in [3.8, 4) is 11.8 Å². The van der Waals surface area contributed by atoms with E-state index < -0.39 is 104 Å². The van der Waals surface area contributed by atoms with Crippen LogP contribution in [0.1, 0.15) is 70.4 Å². The van der Waals surface area contributed by atoms with Crippen LogP contribution in [0.15, 0.2) is 116 Å². The lowest BCUT2D eigenvalue weighted by Gasteiger charge is -2.30. The van der Waals surface area contributed by atoms with Gasteiger partial charge in [0.15, 0.2) is 5.71 Å². The van der Waals surface area contributed by atoms with E-state index >= 15 is 0 Å². The van der Waals surface area contributed by atoms with E-state index in [1.54, 1.807) is 68.2 Å². The van der Waals surface area contributed by atoms with Crippen LogP contribution in [-0.4, -0.2) is 129 Å². The quantitative estimate of drug-likeness (QED) is 0.0195. The first-order chi connectivity index (χ1) is 35.2. The van der Waals surface area contributed by atoms with Crippen LogP contribution in [0.5, 0.6) is 11.8 Å². The van der Waals surface area contributed by atoms with Crippen molar-refractivity contribution in [3.63, 3.8) is 0 Å². The van der Waals surface area contributed by atoms with E-state index in [9.17, 15) is 79.9 Å². The minimum atomic E-state index is -5.11. The molecule has 1 aromatic heterocycles. The van der Waals surface area contributed by atoms with E-state index in [1.807, 2.05) is 4.58 Å². The van der Waals surface area contributed by atoms with Gasteiger partial charge in [0.05, 0.1) is 27.6 Å². The fraction of sp³-hybridized carbons (Fsp3) is 0.333. The molecular formula is C48H54N3O20S5+. The average molecular weight is 1150 g/mol. The zero-order chi connectivity index (χ0) is 56.1. The molecule has 0 aliphatic carbocycles. The summed E-state index contributed by atoms with van der Waals surface area (Å²) in [7, 11) is -23.3. The summed E-state index contributed by atoms with van der Waals surface area (Å²) in [6.07, 6.45) is 9.23. The molecule has 7 rings (SSSR count). The van der Waals surface area contributed by atoms with Gasteiger partial charge in [-0.05, 0) is 105 Å². The smallest absolute Gasteiger partial charge is 0.333 e. The number of nitrogens with zero attached hydrogens (tertiary/aromatic N) is 3. The highest BCUT2D eigenvalue weighted by molar-refractivity contribution is 7.87. The largest absolute Gasteiger partial charge is 0.492 e. The van der Waals surface area contributed by atoms with Crippen molar-refractivity contribution in [2.24, 2.45) is 0 Å².